The van der Waals surface area contributed by atoms with Crippen LogP contribution in [0.1, 0.15) is 18.5 Å². The molecule has 20 heavy (non-hydrogen) atoms. The highest BCUT2D eigenvalue weighted by atomic mass is 32.2. The van der Waals surface area contributed by atoms with Crippen LogP contribution in [0.2, 0.25) is 0 Å². The minimum absolute atomic E-state index is 0.0262. The second-order valence-corrected chi connectivity index (χ2v) is 5.34. The van der Waals surface area contributed by atoms with E-state index in [2.05, 4.69) is 10.6 Å². The standard InChI is InChI=1S/C16H18N2OS/c1-12(13-6-4-3-5-7-13)17-16(19)18-14-8-10-15(20-2)11-9-14/h3-12H,1-2H3,(H2,17,18,19). The van der Waals surface area contributed by atoms with Crippen molar-refractivity contribution in [1.29, 1.82) is 0 Å². The molecule has 0 bridgehead atoms. The van der Waals surface area contributed by atoms with Gasteiger partial charge in [-0.3, -0.25) is 0 Å². The van der Waals surface area contributed by atoms with Crippen LogP contribution in [0.3, 0.4) is 0 Å². The first-order chi connectivity index (χ1) is 9.69. The molecule has 0 radical (unpaired) electrons. The molecule has 0 saturated carbocycles. The minimum atomic E-state index is -0.196. The van der Waals surface area contributed by atoms with E-state index in [-0.39, 0.29) is 12.1 Å². The summed E-state index contributed by atoms with van der Waals surface area (Å²) in [6, 6.07) is 17.4. The SMILES string of the molecule is CSc1ccc(NC(=O)NC(C)c2ccccc2)cc1. The maximum Gasteiger partial charge on any atom is 0.319 e. The smallest absolute Gasteiger partial charge is 0.319 e. The first kappa shape index (κ1) is 14.5. The van der Waals surface area contributed by atoms with Crippen LogP contribution in [-0.4, -0.2) is 12.3 Å². The Balaban J connectivity index is 1.91. The van der Waals surface area contributed by atoms with Crippen molar-refractivity contribution in [3.63, 3.8) is 0 Å². The molecule has 0 spiro atoms. The van der Waals surface area contributed by atoms with Crippen LogP contribution in [0.4, 0.5) is 10.5 Å². The summed E-state index contributed by atoms with van der Waals surface area (Å²) in [5, 5.41) is 5.75. The van der Waals surface area contributed by atoms with E-state index in [1.807, 2.05) is 67.8 Å². The van der Waals surface area contributed by atoms with Gasteiger partial charge in [0.15, 0.2) is 0 Å². The predicted molar refractivity (Wildman–Crippen MR) is 85.2 cm³/mol. The van der Waals surface area contributed by atoms with Crippen molar-refractivity contribution in [2.24, 2.45) is 0 Å². The average molecular weight is 286 g/mol. The van der Waals surface area contributed by atoms with E-state index in [9.17, 15) is 4.79 Å². The molecule has 2 amide bonds. The maximum absolute atomic E-state index is 11.9. The average Bonchev–Trinajstić information content (AvgIpc) is 2.49. The molecule has 0 aliphatic heterocycles. The predicted octanol–water partition coefficient (Wildman–Crippen LogP) is 4.29. The van der Waals surface area contributed by atoms with Gasteiger partial charge in [-0.25, -0.2) is 4.79 Å². The Morgan fingerprint density at radius 1 is 1.05 bits per heavy atom. The van der Waals surface area contributed by atoms with Gasteiger partial charge in [-0.05, 0) is 43.0 Å². The minimum Gasteiger partial charge on any atom is -0.331 e. The van der Waals surface area contributed by atoms with Crippen LogP contribution in [0, 0.1) is 0 Å². The van der Waals surface area contributed by atoms with Gasteiger partial charge in [0, 0.05) is 10.6 Å². The molecule has 0 fully saturated rings. The maximum atomic E-state index is 11.9. The molecule has 1 atom stereocenters. The van der Waals surface area contributed by atoms with E-state index in [0.29, 0.717) is 0 Å². The molecule has 0 saturated heterocycles. The zero-order valence-corrected chi connectivity index (χ0v) is 12.4. The third-order valence-electron chi connectivity index (χ3n) is 3.00. The fraction of sp³-hybridized carbons (Fsp3) is 0.188. The Morgan fingerprint density at radius 3 is 2.30 bits per heavy atom. The van der Waals surface area contributed by atoms with Crippen LogP contribution in [0.5, 0.6) is 0 Å². The summed E-state index contributed by atoms with van der Waals surface area (Å²) in [6.07, 6.45) is 2.02. The third kappa shape index (κ3) is 4.03. The lowest BCUT2D eigenvalue weighted by atomic mass is 10.1. The van der Waals surface area contributed by atoms with Gasteiger partial charge in [-0.2, -0.15) is 0 Å². The first-order valence-corrected chi connectivity index (χ1v) is 7.68. The van der Waals surface area contributed by atoms with E-state index < -0.39 is 0 Å². The molecule has 2 rings (SSSR count). The van der Waals surface area contributed by atoms with Crippen LogP contribution < -0.4 is 10.6 Å². The quantitative estimate of drug-likeness (QED) is 0.823. The summed E-state index contributed by atoms with van der Waals surface area (Å²) in [5.74, 6) is 0. The lowest BCUT2D eigenvalue weighted by molar-refractivity contribution is 0.249. The summed E-state index contributed by atoms with van der Waals surface area (Å²) in [7, 11) is 0. The van der Waals surface area contributed by atoms with E-state index in [1.54, 1.807) is 11.8 Å². The number of carbonyl (C=O) groups excluding carboxylic acids is 1. The summed E-state index contributed by atoms with van der Waals surface area (Å²) in [6.45, 7) is 1.96. The zero-order valence-electron chi connectivity index (χ0n) is 11.6. The third-order valence-corrected chi connectivity index (χ3v) is 3.74. The number of rotatable bonds is 4. The number of carbonyl (C=O) groups is 1. The van der Waals surface area contributed by atoms with E-state index >= 15 is 0 Å². The number of amides is 2. The lowest BCUT2D eigenvalue weighted by Crippen LogP contribution is -2.31. The van der Waals surface area contributed by atoms with Gasteiger partial charge in [-0.1, -0.05) is 30.3 Å². The topological polar surface area (TPSA) is 41.1 Å². The van der Waals surface area contributed by atoms with Crippen molar-refractivity contribution in [2.45, 2.75) is 17.9 Å². The molecule has 3 nitrogen and oxygen atoms in total. The van der Waals surface area contributed by atoms with Crippen LogP contribution in [-0.2, 0) is 0 Å². The second kappa shape index (κ2) is 7.01. The van der Waals surface area contributed by atoms with Crippen molar-refractivity contribution < 1.29 is 4.79 Å². The molecule has 104 valence electrons. The number of nitrogens with one attached hydrogen (secondary N) is 2. The normalized spacial score (nSPS) is 11.7. The highest BCUT2D eigenvalue weighted by Crippen LogP contribution is 2.17. The van der Waals surface area contributed by atoms with E-state index in [4.69, 9.17) is 0 Å². The molecule has 0 aliphatic rings. The summed E-state index contributed by atoms with van der Waals surface area (Å²) in [5.41, 5.74) is 1.88. The molecular weight excluding hydrogens is 268 g/mol. The van der Waals surface area contributed by atoms with Crippen molar-refractivity contribution in [1.82, 2.24) is 5.32 Å². The molecule has 0 aromatic heterocycles. The van der Waals surface area contributed by atoms with Crippen molar-refractivity contribution >= 4 is 23.5 Å². The van der Waals surface area contributed by atoms with Crippen molar-refractivity contribution in [3.05, 3.63) is 60.2 Å². The molecule has 2 aromatic rings. The Labute approximate surface area is 123 Å². The summed E-state index contributed by atoms with van der Waals surface area (Å²) >= 11 is 1.68. The Kier molecular flexibility index (Phi) is 5.07. The van der Waals surface area contributed by atoms with Gasteiger partial charge >= 0.3 is 6.03 Å². The van der Waals surface area contributed by atoms with Gasteiger partial charge in [0.25, 0.3) is 0 Å². The van der Waals surface area contributed by atoms with Gasteiger partial charge < -0.3 is 10.6 Å². The monoisotopic (exact) mass is 286 g/mol. The van der Waals surface area contributed by atoms with Crippen molar-refractivity contribution in [2.75, 3.05) is 11.6 Å². The highest BCUT2D eigenvalue weighted by Gasteiger charge is 2.08. The Morgan fingerprint density at radius 2 is 1.70 bits per heavy atom. The zero-order chi connectivity index (χ0) is 14.4. The Hall–Kier alpha value is -1.94. The number of anilines is 1. The van der Waals surface area contributed by atoms with Crippen molar-refractivity contribution in [3.8, 4) is 0 Å². The van der Waals surface area contributed by atoms with Crippen LogP contribution in [0.15, 0.2) is 59.5 Å². The molecule has 0 heterocycles. The number of benzene rings is 2. The van der Waals surface area contributed by atoms with Gasteiger partial charge in [-0.15, -0.1) is 11.8 Å². The molecule has 0 aliphatic carbocycles. The highest BCUT2D eigenvalue weighted by molar-refractivity contribution is 7.98. The van der Waals surface area contributed by atoms with Crippen LogP contribution in [0.25, 0.3) is 0 Å². The van der Waals surface area contributed by atoms with Gasteiger partial charge in [0.1, 0.15) is 0 Å². The Bertz CT molecular complexity index is 554. The summed E-state index contributed by atoms with van der Waals surface area (Å²) in [4.78, 5) is 13.1. The van der Waals surface area contributed by atoms with Crippen LogP contribution >= 0.6 is 11.8 Å². The van der Waals surface area contributed by atoms with E-state index in [1.165, 1.54) is 4.90 Å². The molecular formula is C16H18N2OS. The fourth-order valence-corrected chi connectivity index (χ4v) is 2.27. The largest absolute Gasteiger partial charge is 0.331 e. The van der Waals surface area contributed by atoms with E-state index in [0.717, 1.165) is 11.3 Å². The molecule has 2 N–H and O–H groups in total. The number of hydrogen-bond acceptors (Lipinski definition) is 2. The summed E-state index contributed by atoms with van der Waals surface area (Å²) < 4.78 is 0. The fourth-order valence-electron chi connectivity index (χ4n) is 1.86. The number of urea groups is 1. The number of thioether (sulfide) groups is 1. The molecule has 4 heteroatoms. The number of hydrogen-bond donors (Lipinski definition) is 2. The first-order valence-electron chi connectivity index (χ1n) is 6.45. The van der Waals surface area contributed by atoms with Gasteiger partial charge in [0.2, 0.25) is 0 Å². The second-order valence-electron chi connectivity index (χ2n) is 4.46. The lowest BCUT2D eigenvalue weighted by Gasteiger charge is -2.15. The molecule has 2 aromatic carbocycles. The molecule has 1 unspecified atom stereocenters. The van der Waals surface area contributed by atoms with Gasteiger partial charge in [0.05, 0.1) is 6.04 Å².